The van der Waals surface area contributed by atoms with E-state index < -0.39 is 0 Å². The molecule has 0 spiro atoms. The van der Waals surface area contributed by atoms with Crippen LogP contribution in [0.15, 0.2) is 25.0 Å². The fourth-order valence-electron chi connectivity index (χ4n) is 1.47. The molecule has 0 saturated carbocycles. The van der Waals surface area contributed by atoms with Crippen LogP contribution in [-0.2, 0) is 0 Å². The molecule has 1 fully saturated rings. The molecule has 0 atom stereocenters. The van der Waals surface area contributed by atoms with Crippen molar-refractivity contribution in [3.05, 3.63) is 36.2 Å². The molecule has 2 nitrogen and oxygen atoms in total. The van der Waals surface area contributed by atoms with Crippen LogP contribution in [0.4, 0.5) is 0 Å². The van der Waals surface area contributed by atoms with E-state index in [1.54, 1.807) is 0 Å². The van der Waals surface area contributed by atoms with Gasteiger partial charge in [0.15, 0.2) is 0 Å². The van der Waals surface area contributed by atoms with Crippen molar-refractivity contribution in [1.82, 2.24) is 10.3 Å². The predicted octanol–water partition coefficient (Wildman–Crippen LogP) is 1.41. The molecule has 1 aromatic rings. The van der Waals surface area contributed by atoms with Crippen molar-refractivity contribution in [2.45, 2.75) is 5.92 Å². The topological polar surface area (TPSA) is 24.9 Å². The van der Waals surface area contributed by atoms with Crippen molar-refractivity contribution in [1.29, 1.82) is 0 Å². The first-order valence-corrected chi connectivity index (χ1v) is 4.19. The van der Waals surface area contributed by atoms with E-state index in [2.05, 4.69) is 22.9 Å². The molecule has 1 aliphatic rings. The standard InChI is InChI=1S/C10H12N2/c1-2-8-5-11-4-3-10(8)9-6-12-7-9/h2-5,9,12H,1,6-7H2. The van der Waals surface area contributed by atoms with Crippen molar-refractivity contribution < 1.29 is 0 Å². The number of nitrogens with zero attached hydrogens (tertiary/aromatic N) is 1. The highest BCUT2D eigenvalue weighted by Gasteiger charge is 2.20. The molecular formula is C10H12N2. The van der Waals surface area contributed by atoms with E-state index in [-0.39, 0.29) is 0 Å². The van der Waals surface area contributed by atoms with E-state index in [0.717, 1.165) is 13.1 Å². The maximum absolute atomic E-state index is 4.07. The third-order valence-corrected chi connectivity index (χ3v) is 2.33. The van der Waals surface area contributed by atoms with Gasteiger partial charge in [-0.25, -0.2) is 0 Å². The van der Waals surface area contributed by atoms with Gasteiger partial charge in [0, 0.05) is 31.4 Å². The Bertz CT molecular complexity index is 290. The Hall–Kier alpha value is -1.15. The minimum Gasteiger partial charge on any atom is -0.315 e. The lowest BCUT2D eigenvalue weighted by Gasteiger charge is -2.28. The highest BCUT2D eigenvalue weighted by Crippen LogP contribution is 2.23. The highest BCUT2D eigenvalue weighted by molar-refractivity contribution is 5.52. The SMILES string of the molecule is C=Cc1cnccc1C1CNC1. The molecule has 2 heterocycles. The van der Waals surface area contributed by atoms with Crippen molar-refractivity contribution in [3.63, 3.8) is 0 Å². The highest BCUT2D eigenvalue weighted by atomic mass is 14.9. The van der Waals surface area contributed by atoms with Crippen LogP contribution in [-0.4, -0.2) is 18.1 Å². The first kappa shape index (κ1) is 7.50. The fourth-order valence-corrected chi connectivity index (χ4v) is 1.47. The first-order valence-electron chi connectivity index (χ1n) is 4.19. The first-order chi connectivity index (χ1) is 5.92. The average Bonchev–Trinajstić information content (AvgIpc) is 2.02. The van der Waals surface area contributed by atoms with E-state index in [1.807, 2.05) is 18.5 Å². The van der Waals surface area contributed by atoms with Crippen LogP contribution in [0.3, 0.4) is 0 Å². The molecule has 0 aromatic carbocycles. The number of pyridine rings is 1. The number of hydrogen-bond acceptors (Lipinski definition) is 2. The van der Waals surface area contributed by atoms with E-state index >= 15 is 0 Å². The van der Waals surface area contributed by atoms with Crippen LogP contribution >= 0.6 is 0 Å². The second kappa shape index (κ2) is 3.07. The summed E-state index contributed by atoms with van der Waals surface area (Å²) in [5, 5.41) is 3.26. The van der Waals surface area contributed by atoms with E-state index in [1.165, 1.54) is 11.1 Å². The zero-order valence-corrected chi connectivity index (χ0v) is 6.96. The van der Waals surface area contributed by atoms with E-state index in [4.69, 9.17) is 0 Å². The number of rotatable bonds is 2. The molecule has 1 aromatic heterocycles. The van der Waals surface area contributed by atoms with Crippen LogP contribution in [0.1, 0.15) is 17.0 Å². The molecule has 0 radical (unpaired) electrons. The lowest BCUT2D eigenvalue weighted by Crippen LogP contribution is -2.40. The average molecular weight is 160 g/mol. The van der Waals surface area contributed by atoms with Gasteiger partial charge >= 0.3 is 0 Å². The molecule has 0 unspecified atom stereocenters. The maximum Gasteiger partial charge on any atom is 0.0342 e. The summed E-state index contributed by atoms with van der Waals surface area (Å²) in [4.78, 5) is 4.07. The Labute approximate surface area is 72.3 Å². The van der Waals surface area contributed by atoms with Gasteiger partial charge in [0.25, 0.3) is 0 Å². The smallest absolute Gasteiger partial charge is 0.0342 e. The zero-order valence-electron chi connectivity index (χ0n) is 6.96. The third kappa shape index (κ3) is 1.14. The molecule has 0 amide bonds. The second-order valence-corrected chi connectivity index (χ2v) is 3.06. The van der Waals surface area contributed by atoms with Crippen LogP contribution in [0.5, 0.6) is 0 Å². The summed E-state index contributed by atoms with van der Waals surface area (Å²) >= 11 is 0. The molecule has 1 aliphatic heterocycles. The Morgan fingerprint density at radius 1 is 1.58 bits per heavy atom. The normalized spacial score (nSPS) is 17.0. The summed E-state index contributed by atoms with van der Waals surface area (Å²) in [5.41, 5.74) is 2.54. The lowest BCUT2D eigenvalue weighted by molar-refractivity contribution is 0.447. The van der Waals surface area contributed by atoms with Crippen LogP contribution in [0.25, 0.3) is 6.08 Å². The van der Waals surface area contributed by atoms with Gasteiger partial charge in [-0.05, 0) is 17.2 Å². The van der Waals surface area contributed by atoms with Gasteiger partial charge in [-0.3, -0.25) is 4.98 Å². The monoisotopic (exact) mass is 160 g/mol. The molecule has 1 saturated heterocycles. The van der Waals surface area contributed by atoms with Gasteiger partial charge in [0.1, 0.15) is 0 Å². The van der Waals surface area contributed by atoms with Crippen molar-refractivity contribution in [2.75, 3.05) is 13.1 Å². The minimum absolute atomic E-state index is 0.668. The van der Waals surface area contributed by atoms with E-state index in [0.29, 0.717) is 5.92 Å². The van der Waals surface area contributed by atoms with Crippen molar-refractivity contribution >= 4 is 6.08 Å². The number of nitrogens with one attached hydrogen (secondary N) is 1. The summed E-state index contributed by atoms with van der Waals surface area (Å²) in [7, 11) is 0. The van der Waals surface area contributed by atoms with Gasteiger partial charge in [-0.15, -0.1) is 0 Å². The summed E-state index contributed by atoms with van der Waals surface area (Å²) in [5.74, 6) is 0.668. The molecule has 0 bridgehead atoms. The molecule has 12 heavy (non-hydrogen) atoms. The van der Waals surface area contributed by atoms with Crippen LogP contribution < -0.4 is 5.32 Å². The number of hydrogen-bond donors (Lipinski definition) is 1. The van der Waals surface area contributed by atoms with Crippen molar-refractivity contribution in [2.24, 2.45) is 0 Å². The van der Waals surface area contributed by atoms with Crippen LogP contribution in [0, 0.1) is 0 Å². The van der Waals surface area contributed by atoms with Gasteiger partial charge in [0.05, 0.1) is 0 Å². The molecule has 0 aliphatic carbocycles. The Morgan fingerprint density at radius 3 is 3.00 bits per heavy atom. The summed E-state index contributed by atoms with van der Waals surface area (Å²) < 4.78 is 0. The minimum atomic E-state index is 0.668. The van der Waals surface area contributed by atoms with Crippen molar-refractivity contribution in [3.8, 4) is 0 Å². The van der Waals surface area contributed by atoms with E-state index in [9.17, 15) is 0 Å². The van der Waals surface area contributed by atoms with Gasteiger partial charge in [-0.1, -0.05) is 12.7 Å². The van der Waals surface area contributed by atoms with Gasteiger partial charge < -0.3 is 5.32 Å². The second-order valence-electron chi connectivity index (χ2n) is 3.06. The lowest BCUT2D eigenvalue weighted by atomic mass is 9.91. The summed E-state index contributed by atoms with van der Waals surface area (Å²) in [6, 6.07) is 2.09. The summed E-state index contributed by atoms with van der Waals surface area (Å²) in [6.45, 7) is 5.95. The molecule has 1 N–H and O–H groups in total. The fraction of sp³-hybridized carbons (Fsp3) is 0.300. The maximum atomic E-state index is 4.07. The Balaban J connectivity index is 2.33. The summed E-state index contributed by atoms with van der Waals surface area (Å²) in [6.07, 6.45) is 5.60. The van der Waals surface area contributed by atoms with Gasteiger partial charge in [0.2, 0.25) is 0 Å². The molecular weight excluding hydrogens is 148 g/mol. The zero-order chi connectivity index (χ0) is 8.39. The third-order valence-electron chi connectivity index (χ3n) is 2.33. The van der Waals surface area contributed by atoms with Crippen LogP contribution in [0.2, 0.25) is 0 Å². The largest absolute Gasteiger partial charge is 0.315 e. The van der Waals surface area contributed by atoms with Gasteiger partial charge in [-0.2, -0.15) is 0 Å². The molecule has 2 rings (SSSR count). The Kier molecular flexibility index (Phi) is 1.92. The molecule has 62 valence electrons. The quantitative estimate of drug-likeness (QED) is 0.707. The Morgan fingerprint density at radius 2 is 2.42 bits per heavy atom. The molecule has 2 heteroatoms. The predicted molar refractivity (Wildman–Crippen MR) is 49.9 cm³/mol. The number of aromatic nitrogens is 1.